The van der Waals surface area contributed by atoms with Gasteiger partial charge in [0.1, 0.15) is 0 Å². The number of sulfonamides is 1. The SMILES string of the molecule is O=C(Nc1ccccc1)Nc1ccc(S(=O)(=O)Nc2cccc3ccccc23)cc1. The van der Waals surface area contributed by atoms with Gasteiger partial charge in [-0.15, -0.1) is 0 Å². The highest BCUT2D eigenvalue weighted by molar-refractivity contribution is 7.92. The quantitative estimate of drug-likeness (QED) is 0.413. The molecule has 0 bridgehead atoms. The third-order valence-corrected chi connectivity index (χ3v) is 5.87. The van der Waals surface area contributed by atoms with Crippen molar-refractivity contribution in [2.24, 2.45) is 0 Å². The summed E-state index contributed by atoms with van der Waals surface area (Å²) in [6, 6.07) is 27.6. The van der Waals surface area contributed by atoms with E-state index >= 15 is 0 Å². The van der Waals surface area contributed by atoms with Crippen LogP contribution in [0.25, 0.3) is 10.8 Å². The van der Waals surface area contributed by atoms with E-state index in [-0.39, 0.29) is 4.90 Å². The van der Waals surface area contributed by atoms with Crippen LogP contribution in [0, 0.1) is 0 Å². The van der Waals surface area contributed by atoms with E-state index in [2.05, 4.69) is 15.4 Å². The van der Waals surface area contributed by atoms with E-state index in [1.807, 2.05) is 48.5 Å². The predicted octanol–water partition coefficient (Wildman–Crippen LogP) is 5.28. The first-order chi connectivity index (χ1) is 14.5. The van der Waals surface area contributed by atoms with Gasteiger partial charge in [0.25, 0.3) is 10.0 Å². The van der Waals surface area contributed by atoms with Gasteiger partial charge in [-0.3, -0.25) is 4.72 Å². The lowest BCUT2D eigenvalue weighted by Gasteiger charge is -2.12. The molecule has 0 aliphatic heterocycles. The fourth-order valence-electron chi connectivity index (χ4n) is 3.05. The number of fused-ring (bicyclic) bond motifs is 1. The van der Waals surface area contributed by atoms with Crippen molar-refractivity contribution < 1.29 is 13.2 Å². The third kappa shape index (κ3) is 4.42. The van der Waals surface area contributed by atoms with Gasteiger partial charge in [0.15, 0.2) is 0 Å². The maximum atomic E-state index is 12.8. The fourth-order valence-corrected chi connectivity index (χ4v) is 4.13. The number of amides is 2. The standard InChI is InChI=1S/C23H19N3O3S/c27-23(24-18-9-2-1-3-10-18)25-19-13-15-20(16-14-19)30(28,29)26-22-12-6-8-17-7-4-5-11-21(17)22/h1-16,26H,(H2,24,25,27). The number of nitrogens with one attached hydrogen (secondary N) is 3. The minimum absolute atomic E-state index is 0.101. The van der Waals surface area contributed by atoms with Crippen LogP contribution in [-0.4, -0.2) is 14.4 Å². The Labute approximate surface area is 174 Å². The van der Waals surface area contributed by atoms with Crippen LogP contribution in [0.3, 0.4) is 0 Å². The first kappa shape index (κ1) is 19.5. The number of urea groups is 1. The smallest absolute Gasteiger partial charge is 0.308 e. The summed E-state index contributed by atoms with van der Waals surface area (Å²) in [5, 5.41) is 7.15. The van der Waals surface area contributed by atoms with Crippen LogP contribution >= 0.6 is 0 Å². The average Bonchev–Trinajstić information content (AvgIpc) is 2.75. The summed E-state index contributed by atoms with van der Waals surface area (Å²) < 4.78 is 28.3. The molecule has 4 aromatic rings. The Morgan fingerprint density at radius 1 is 0.633 bits per heavy atom. The highest BCUT2D eigenvalue weighted by atomic mass is 32.2. The third-order valence-electron chi connectivity index (χ3n) is 4.49. The second-order valence-electron chi connectivity index (χ2n) is 6.60. The van der Waals surface area contributed by atoms with Gasteiger partial charge in [-0.2, -0.15) is 0 Å². The molecule has 7 heteroatoms. The number of benzene rings is 4. The number of hydrogen-bond acceptors (Lipinski definition) is 3. The van der Waals surface area contributed by atoms with Crippen LogP contribution < -0.4 is 15.4 Å². The van der Waals surface area contributed by atoms with Crippen molar-refractivity contribution in [3.63, 3.8) is 0 Å². The Hall–Kier alpha value is -3.84. The summed E-state index contributed by atoms with van der Waals surface area (Å²) >= 11 is 0. The average molecular weight is 417 g/mol. The maximum Gasteiger partial charge on any atom is 0.323 e. The molecule has 0 saturated carbocycles. The summed E-state index contributed by atoms with van der Waals surface area (Å²) in [5.74, 6) is 0. The van der Waals surface area contributed by atoms with E-state index < -0.39 is 16.1 Å². The lowest BCUT2D eigenvalue weighted by Crippen LogP contribution is -2.19. The minimum atomic E-state index is -3.78. The van der Waals surface area contributed by atoms with Gasteiger partial charge in [0.05, 0.1) is 10.6 Å². The van der Waals surface area contributed by atoms with Gasteiger partial charge in [0, 0.05) is 16.8 Å². The Morgan fingerprint density at radius 2 is 1.23 bits per heavy atom. The monoisotopic (exact) mass is 417 g/mol. The molecule has 0 atom stereocenters. The number of rotatable bonds is 5. The van der Waals surface area contributed by atoms with Crippen LogP contribution in [0.15, 0.2) is 102 Å². The highest BCUT2D eigenvalue weighted by Gasteiger charge is 2.15. The molecule has 6 nitrogen and oxygen atoms in total. The zero-order valence-electron chi connectivity index (χ0n) is 15.9. The van der Waals surface area contributed by atoms with E-state index in [0.717, 1.165) is 10.8 Å². The van der Waals surface area contributed by atoms with E-state index in [1.54, 1.807) is 36.4 Å². The number of anilines is 3. The molecule has 0 saturated heterocycles. The zero-order valence-corrected chi connectivity index (χ0v) is 16.7. The van der Waals surface area contributed by atoms with Crippen molar-refractivity contribution >= 4 is 43.9 Å². The zero-order chi connectivity index (χ0) is 21.0. The molecule has 30 heavy (non-hydrogen) atoms. The van der Waals surface area contributed by atoms with Gasteiger partial charge in [-0.05, 0) is 47.9 Å². The second kappa shape index (κ2) is 8.26. The number of para-hydroxylation sites is 1. The van der Waals surface area contributed by atoms with Crippen molar-refractivity contribution in [3.05, 3.63) is 97.1 Å². The molecular formula is C23H19N3O3S. The molecule has 0 heterocycles. The molecule has 150 valence electrons. The molecule has 0 unspecified atom stereocenters. The van der Waals surface area contributed by atoms with Crippen LogP contribution in [-0.2, 0) is 10.0 Å². The first-order valence-corrected chi connectivity index (χ1v) is 10.7. The Kier molecular flexibility index (Phi) is 5.36. The first-order valence-electron chi connectivity index (χ1n) is 9.25. The molecule has 0 fully saturated rings. The second-order valence-corrected chi connectivity index (χ2v) is 8.28. The van der Waals surface area contributed by atoms with Crippen molar-refractivity contribution in [1.29, 1.82) is 0 Å². The summed E-state index contributed by atoms with van der Waals surface area (Å²) in [6.45, 7) is 0. The largest absolute Gasteiger partial charge is 0.323 e. The van der Waals surface area contributed by atoms with Gasteiger partial charge in [0.2, 0.25) is 0 Å². The van der Waals surface area contributed by atoms with Crippen LogP contribution in [0.4, 0.5) is 21.9 Å². The fraction of sp³-hybridized carbons (Fsp3) is 0. The predicted molar refractivity (Wildman–Crippen MR) is 120 cm³/mol. The molecule has 0 aliphatic carbocycles. The van der Waals surface area contributed by atoms with Crippen molar-refractivity contribution in [1.82, 2.24) is 0 Å². The molecular weight excluding hydrogens is 398 g/mol. The van der Waals surface area contributed by atoms with Crippen LogP contribution in [0.5, 0.6) is 0 Å². The van der Waals surface area contributed by atoms with E-state index in [4.69, 9.17) is 0 Å². The molecule has 0 spiro atoms. The van der Waals surface area contributed by atoms with Gasteiger partial charge in [-0.1, -0.05) is 54.6 Å². The summed E-state index contributed by atoms with van der Waals surface area (Å²) in [7, 11) is -3.78. The van der Waals surface area contributed by atoms with Gasteiger partial charge < -0.3 is 10.6 Å². The molecule has 0 aromatic heterocycles. The van der Waals surface area contributed by atoms with E-state index in [1.165, 1.54) is 12.1 Å². The molecule has 0 aliphatic rings. The molecule has 4 rings (SSSR count). The molecule has 0 radical (unpaired) electrons. The van der Waals surface area contributed by atoms with Crippen molar-refractivity contribution in [3.8, 4) is 0 Å². The Balaban J connectivity index is 1.48. The lowest BCUT2D eigenvalue weighted by atomic mass is 10.1. The van der Waals surface area contributed by atoms with Crippen LogP contribution in [0.1, 0.15) is 0 Å². The molecule has 4 aromatic carbocycles. The highest BCUT2D eigenvalue weighted by Crippen LogP contribution is 2.26. The van der Waals surface area contributed by atoms with Gasteiger partial charge >= 0.3 is 6.03 Å². The topological polar surface area (TPSA) is 87.3 Å². The number of hydrogen-bond donors (Lipinski definition) is 3. The summed E-state index contributed by atoms with van der Waals surface area (Å²) in [5.41, 5.74) is 1.65. The minimum Gasteiger partial charge on any atom is -0.308 e. The summed E-state index contributed by atoms with van der Waals surface area (Å²) in [4.78, 5) is 12.2. The van der Waals surface area contributed by atoms with Crippen LogP contribution in [0.2, 0.25) is 0 Å². The molecule has 3 N–H and O–H groups in total. The van der Waals surface area contributed by atoms with Crippen molar-refractivity contribution in [2.75, 3.05) is 15.4 Å². The van der Waals surface area contributed by atoms with E-state index in [9.17, 15) is 13.2 Å². The lowest BCUT2D eigenvalue weighted by molar-refractivity contribution is 0.262. The summed E-state index contributed by atoms with van der Waals surface area (Å²) in [6.07, 6.45) is 0. The Bertz CT molecular complexity index is 1280. The number of carbonyl (C=O) groups excluding carboxylic acids is 1. The van der Waals surface area contributed by atoms with Crippen molar-refractivity contribution in [2.45, 2.75) is 4.90 Å². The van der Waals surface area contributed by atoms with Gasteiger partial charge in [-0.25, -0.2) is 13.2 Å². The van der Waals surface area contributed by atoms with E-state index in [0.29, 0.717) is 17.1 Å². The number of carbonyl (C=O) groups is 1. The normalized spacial score (nSPS) is 11.1. The molecule has 2 amide bonds. The Morgan fingerprint density at radius 3 is 1.97 bits per heavy atom. The maximum absolute atomic E-state index is 12.8.